The number of para-hydroxylation sites is 1. The van der Waals surface area contributed by atoms with Gasteiger partial charge in [0.05, 0.1) is 11.3 Å². The average Bonchev–Trinajstić information content (AvgIpc) is 3.04. The minimum atomic E-state index is 0.197. The Labute approximate surface area is 156 Å². The van der Waals surface area contributed by atoms with Gasteiger partial charge in [0.1, 0.15) is 0 Å². The Morgan fingerprint density at radius 1 is 0.962 bits per heavy atom. The van der Waals surface area contributed by atoms with Gasteiger partial charge in [0, 0.05) is 39.3 Å². The van der Waals surface area contributed by atoms with Crippen LogP contribution in [0.4, 0.5) is 5.69 Å². The standard InChI is InChI=1S/C22H27N3O/c1-23(12-10-18-6-3-2-4-7-18)14-15-25-17-16-24-13-11-19-8-5-9-20(21(19)24)22(25)26/h2-9H,10-17H2,1H3. The van der Waals surface area contributed by atoms with Crippen LogP contribution in [0, 0.1) is 0 Å². The normalized spacial score (nSPS) is 16.2. The lowest BCUT2D eigenvalue weighted by Gasteiger charge is -2.25. The molecule has 0 saturated carbocycles. The Kier molecular flexibility index (Phi) is 4.93. The van der Waals surface area contributed by atoms with Crippen molar-refractivity contribution in [3.63, 3.8) is 0 Å². The van der Waals surface area contributed by atoms with Crippen molar-refractivity contribution in [1.29, 1.82) is 0 Å². The highest BCUT2D eigenvalue weighted by Gasteiger charge is 2.30. The molecule has 2 heterocycles. The van der Waals surface area contributed by atoms with E-state index < -0.39 is 0 Å². The molecular formula is C22H27N3O. The molecule has 1 amide bonds. The minimum absolute atomic E-state index is 0.197. The molecule has 0 spiro atoms. The van der Waals surface area contributed by atoms with Crippen LogP contribution in [0.15, 0.2) is 48.5 Å². The second-order valence-corrected chi connectivity index (χ2v) is 7.38. The number of benzene rings is 2. The number of amides is 1. The second-order valence-electron chi connectivity index (χ2n) is 7.38. The van der Waals surface area contributed by atoms with Crippen LogP contribution in [0.25, 0.3) is 0 Å². The van der Waals surface area contributed by atoms with E-state index in [-0.39, 0.29) is 5.91 Å². The fourth-order valence-electron chi connectivity index (χ4n) is 4.02. The molecule has 0 saturated heterocycles. The maximum absolute atomic E-state index is 13.0. The van der Waals surface area contributed by atoms with E-state index >= 15 is 0 Å². The maximum Gasteiger partial charge on any atom is 0.256 e. The molecule has 0 fully saturated rings. The third-order valence-electron chi connectivity index (χ3n) is 5.62. The zero-order chi connectivity index (χ0) is 17.9. The van der Waals surface area contributed by atoms with Crippen molar-refractivity contribution in [3.8, 4) is 0 Å². The Morgan fingerprint density at radius 2 is 1.81 bits per heavy atom. The molecule has 0 radical (unpaired) electrons. The lowest BCUT2D eigenvalue weighted by molar-refractivity contribution is 0.0752. The molecule has 0 bridgehead atoms. The Balaban J connectivity index is 1.36. The number of hydrogen-bond acceptors (Lipinski definition) is 3. The first-order valence-corrected chi connectivity index (χ1v) is 9.61. The summed E-state index contributed by atoms with van der Waals surface area (Å²) in [6.45, 7) is 5.53. The van der Waals surface area contributed by atoms with E-state index in [9.17, 15) is 4.79 Å². The van der Waals surface area contributed by atoms with Crippen LogP contribution in [0.5, 0.6) is 0 Å². The molecule has 4 heteroatoms. The van der Waals surface area contributed by atoms with E-state index in [0.29, 0.717) is 0 Å². The molecule has 2 aliphatic rings. The summed E-state index contributed by atoms with van der Waals surface area (Å²) in [5.41, 5.74) is 4.78. The number of carbonyl (C=O) groups excluding carboxylic acids is 1. The smallest absolute Gasteiger partial charge is 0.256 e. The van der Waals surface area contributed by atoms with Gasteiger partial charge in [-0.1, -0.05) is 42.5 Å². The van der Waals surface area contributed by atoms with Gasteiger partial charge in [0.15, 0.2) is 0 Å². The summed E-state index contributed by atoms with van der Waals surface area (Å²) in [5, 5.41) is 0. The highest BCUT2D eigenvalue weighted by Crippen LogP contribution is 2.34. The highest BCUT2D eigenvalue weighted by atomic mass is 16.2. The van der Waals surface area contributed by atoms with Gasteiger partial charge < -0.3 is 14.7 Å². The van der Waals surface area contributed by atoms with Crippen molar-refractivity contribution in [3.05, 3.63) is 65.2 Å². The van der Waals surface area contributed by atoms with Crippen LogP contribution in [0.3, 0.4) is 0 Å². The summed E-state index contributed by atoms with van der Waals surface area (Å²) in [5.74, 6) is 0.197. The summed E-state index contributed by atoms with van der Waals surface area (Å²) < 4.78 is 0. The van der Waals surface area contributed by atoms with Gasteiger partial charge in [-0.25, -0.2) is 0 Å². The molecule has 0 aromatic heterocycles. The topological polar surface area (TPSA) is 26.8 Å². The first kappa shape index (κ1) is 17.1. The third kappa shape index (κ3) is 3.47. The Hall–Kier alpha value is -2.33. The number of carbonyl (C=O) groups is 1. The van der Waals surface area contributed by atoms with E-state index in [1.54, 1.807) is 0 Å². The highest BCUT2D eigenvalue weighted by molar-refractivity contribution is 6.01. The molecule has 4 nitrogen and oxygen atoms in total. The van der Waals surface area contributed by atoms with Crippen LogP contribution < -0.4 is 4.90 Å². The van der Waals surface area contributed by atoms with Crippen molar-refractivity contribution < 1.29 is 4.79 Å². The summed E-state index contributed by atoms with van der Waals surface area (Å²) in [6.07, 6.45) is 2.12. The predicted molar refractivity (Wildman–Crippen MR) is 106 cm³/mol. The average molecular weight is 349 g/mol. The molecule has 0 unspecified atom stereocenters. The van der Waals surface area contributed by atoms with Gasteiger partial charge in [-0.2, -0.15) is 0 Å². The van der Waals surface area contributed by atoms with E-state index in [2.05, 4.69) is 53.2 Å². The summed E-state index contributed by atoms with van der Waals surface area (Å²) in [6, 6.07) is 16.8. The summed E-state index contributed by atoms with van der Waals surface area (Å²) in [4.78, 5) is 19.8. The van der Waals surface area contributed by atoms with E-state index in [0.717, 1.165) is 57.7 Å². The zero-order valence-corrected chi connectivity index (χ0v) is 15.5. The van der Waals surface area contributed by atoms with Gasteiger partial charge in [-0.3, -0.25) is 4.79 Å². The van der Waals surface area contributed by atoms with E-state index in [1.165, 1.54) is 16.8 Å². The molecule has 136 valence electrons. The summed E-state index contributed by atoms with van der Waals surface area (Å²) in [7, 11) is 2.15. The van der Waals surface area contributed by atoms with Crippen LogP contribution in [0.1, 0.15) is 21.5 Å². The number of nitrogens with zero attached hydrogens (tertiary/aromatic N) is 3. The van der Waals surface area contributed by atoms with Gasteiger partial charge in [-0.05, 0) is 37.1 Å². The first-order chi connectivity index (χ1) is 12.7. The molecule has 0 aliphatic carbocycles. The quantitative estimate of drug-likeness (QED) is 0.802. The van der Waals surface area contributed by atoms with Gasteiger partial charge in [-0.15, -0.1) is 0 Å². The minimum Gasteiger partial charge on any atom is -0.369 e. The Morgan fingerprint density at radius 3 is 2.65 bits per heavy atom. The maximum atomic E-state index is 13.0. The number of anilines is 1. The third-order valence-corrected chi connectivity index (χ3v) is 5.62. The monoisotopic (exact) mass is 349 g/mol. The zero-order valence-electron chi connectivity index (χ0n) is 15.5. The van der Waals surface area contributed by atoms with Crippen molar-refractivity contribution in [2.45, 2.75) is 12.8 Å². The molecule has 2 aromatic rings. The van der Waals surface area contributed by atoms with Gasteiger partial charge >= 0.3 is 0 Å². The molecule has 2 aromatic carbocycles. The number of likely N-dealkylation sites (N-methyl/N-ethyl adjacent to an activating group) is 1. The molecular weight excluding hydrogens is 322 g/mol. The van der Waals surface area contributed by atoms with Gasteiger partial charge in [0.2, 0.25) is 0 Å². The molecule has 4 rings (SSSR count). The lowest BCUT2D eigenvalue weighted by atomic mass is 10.1. The van der Waals surface area contributed by atoms with E-state index in [1.807, 2.05) is 17.0 Å². The second kappa shape index (κ2) is 7.50. The van der Waals surface area contributed by atoms with Crippen LogP contribution in [-0.4, -0.2) is 62.0 Å². The van der Waals surface area contributed by atoms with Crippen molar-refractivity contribution >= 4 is 11.6 Å². The number of rotatable bonds is 6. The fourth-order valence-corrected chi connectivity index (χ4v) is 4.02. The fraction of sp³-hybridized carbons (Fsp3) is 0.409. The Bertz CT molecular complexity index is 774. The number of hydrogen-bond donors (Lipinski definition) is 0. The molecule has 2 aliphatic heterocycles. The molecule has 26 heavy (non-hydrogen) atoms. The predicted octanol–water partition coefficient (Wildman–Crippen LogP) is 2.68. The largest absolute Gasteiger partial charge is 0.369 e. The summed E-state index contributed by atoms with van der Waals surface area (Å²) >= 11 is 0. The van der Waals surface area contributed by atoms with Crippen molar-refractivity contribution in [2.75, 3.05) is 51.2 Å². The van der Waals surface area contributed by atoms with Crippen LogP contribution in [-0.2, 0) is 12.8 Å². The van der Waals surface area contributed by atoms with E-state index in [4.69, 9.17) is 0 Å². The first-order valence-electron chi connectivity index (χ1n) is 9.61. The van der Waals surface area contributed by atoms with Gasteiger partial charge in [0.25, 0.3) is 5.91 Å². The SMILES string of the molecule is CN(CCc1ccccc1)CCN1CCN2CCc3cccc(c32)C1=O. The van der Waals surface area contributed by atoms with Crippen molar-refractivity contribution in [1.82, 2.24) is 9.80 Å². The molecule has 0 N–H and O–H groups in total. The lowest BCUT2D eigenvalue weighted by Crippen LogP contribution is -2.40. The van der Waals surface area contributed by atoms with Crippen LogP contribution >= 0.6 is 0 Å². The molecule has 0 atom stereocenters. The van der Waals surface area contributed by atoms with Crippen molar-refractivity contribution in [2.24, 2.45) is 0 Å². The van der Waals surface area contributed by atoms with Crippen LogP contribution in [0.2, 0.25) is 0 Å².